The second kappa shape index (κ2) is 5.64. The molecule has 0 aliphatic heterocycles. The molecule has 2 aromatic rings. The fourth-order valence-corrected chi connectivity index (χ4v) is 3.09. The number of aromatic nitrogens is 2. The van der Waals surface area contributed by atoms with Gasteiger partial charge in [-0.25, -0.2) is 13.4 Å². The van der Waals surface area contributed by atoms with Gasteiger partial charge in [-0.3, -0.25) is 9.29 Å². The summed E-state index contributed by atoms with van der Waals surface area (Å²) in [5.41, 5.74) is 0.508. The Labute approximate surface area is 122 Å². The maximum atomic E-state index is 12.5. The lowest BCUT2D eigenvalue weighted by molar-refractivity contribution is 0.594. The fraction of sp³-hybridized carbons (Fsp3) is 0.167. The van der Waals surface area contributed by atoms with E-state index in [0.29, 0.717) is 11.5 Å². The van der Waals surface area contributed by atoms with Gasteiger partial charge in [0, 0.05) is 32.7 Å². The van der Waals surface area contributed by atoms with Crippen molar-refractivity contribution in [1.82, 2.24) is 9.97 Å². The van der Waals surface area contributed by atoms with Gasteiger partial charge in [0.05, 0.1) is 10.7 Å². The zero-order valence-corrected chi connectivity index (χ0v) is 12.5. The highest BCUT2D eigenvalue weighted by atomic mass is 35.5. The molecule has 0 saturated carbocycles. The molecule has 0 atom stereocenters. The van der Waals surface area contributed by atoms with Crippen LogP contribution in [0.25, 0.3) is 0 Å². The number of nitrogens with one attached hydrogen (secondary N) is 1. The third kappa shape index (κ3) is 2.68. The predicted molar refractivity (Wildman–Crippen MR) is 78.6 cm³/mol. The first-order valence-electron chi connectivity index (χ1n) is 5.69. The standard InChI is InChI=1S/C12H13ClN4O2S/c1-14-12-11(13)7-10(8-16-12)20(18,19)17(2)9-3-5-15-6-4-9/h3-8H,1-2H3,(H,14,16). The zero-order valence-electron chi connectivity index (χ0n) is 10.9. The smallest absolute Gasteiger partial charge is 0.265 e. The van der Waals surface area contributed by atoms with E-state index >= 15 is 0 Å². The summed E-state index contributed by atoms with van der Waals surface area (Å²) in [5.74, 6) is 0.428. The Morgan fingerprint density at radius 3 is 2.50 bits per heavy atom. The van der Waals surface area contributed by atoms with Crippen molar-refractivity contribution in [3.63, 3.8) is 0 Å². The van der Waals surface area contributed by atoms with E-state index in [1.807, 2.05) is 0 Å². The van der Waals surface area contributed by atoms with E-state index in [2.05, 4.69) is 15.3 Å². The van der Waals surface area contributed by atoms with Crippen LogP contribution in [-0.4, -0.2) is 32.5 Å². The topological polar surface area (TPSA) is 75.2 Å². The van der Waals surface area contributed by atoms with E-state index in [4.69, 9.17) is 11.6 Å². The van der Waals surface area contributed by atoms with E-state index in [-0.39, 0.29) is 9.92 Å². The lowest BCUT2D eigenvalue weighted by Gasteiger charge is -2.19. The number of hydrogen-bond donors (Lipinski definition) is 1. The molecule has 0 saturated heterocycles. The van der Waals surface area contributed by atoms with Gasteiger partial charge in [0.2, 0.25) is 0 Å². The predicted octanol–water partition coefficient (Wildman–Crippen LogP) is 2.00. The lowest BCUT2D eigenvalue weighted by atomic mass is 10.4. The number of rotatable bonds is 4. The minimum absolute atomic E-state index is 0.0285. The highest BCUT2D eigenvalue weighted by Gasteiger charge is 2.22. The number of halogens is 1. The second-order valence-corrected chi connectivity index (χ2v) is 6.31. The van der Waals surface area contributed by atoms with E-state index in [1.165, 1.54) is 31.7 Å². The molecule has 2 heterocycles. The van der Waals surface area contributed by atoms with Crippen LogP contribution in [0.1, 0.15) is 0 Å². The van der Waals surface area contributed by atoms with Gasteiger partial charge in [-0.2, -0.15) is 0 Å². The van der Waals surface area contributed by atoms with Crippen LogP contribution < -0.4 is 9.62 Å². The third-order valence-corrected chi connectivity index (χ3v) is 4.78. The van der Waals surface area contributed by atoms with Crippen molar-refractivity contribution in [3.8, 4) is 0 Å². The van der Waals surface area contributed by atoms with Crippen LogP contribution in [0.4, 0.5) is 11.5 Å². The summed E-state index contributed by atoms with van der Waals surface area (Å²) in [6, 6.07) is 4.58. The Kier molecular flexibility index (Phi) is 4.10. The van der Waals surface area contributed by atoms with Crippen LogP contribution in [0.5, 0.6) is 0 Å². The molecule has 0 aliphatic rings. The lowest BCUT2D eigenvalue weighted by Crippen LogP contribution is -2.26. The highest BCUT2D eigenvalue weighted by Crippen LogP contribution is 2.25. The molecule has 20 heavy (non-hydrogen) atoms. The van der Waals surface area contributed by atoms with Gasteiger partial charge < -0.3 is 5.32 Å². The summed E-state index contributed by atoms with van der Waals surface area (Å²) in [6.45, 7) is 0. The van der Waals surface area contributed by atoms with Crippen LogP contribution >= 0.6 is 11.6 Å². The molecule has 0 spiro atoms. The van der Waals surface area contributed by atoms with Crippen molar-refractivity contribution < 1.29 is 8.42 Å². The monoisotopic (exact) mass is 312 g/mol. The Bertz CT molecular complexity index is 707. The minimum Gasteiger partial charge on any atom is -0.372 e. The summed E-state index contributed by atoms with van der Waals surface area (Å²) < 4.78 is 26.1. The average molecular weight is 313 g/mol. The Balaban J connectivity index is 2.43. The summed E-state index contributed by atoms with van der Waals surface area (Å²) in [5, 5.41) is 3.02. The number of anilines is 2. The molecule has 0 aromatic carbocycles. The normalized spacial score (nSPS) is 11.2. The molecule has 106 valence electrons. The van der Waals surface area contributed by atoms with Gasteiger partial charge in [0.25, 0.3) is 10.0 Å². The Hall–Kier alpha value is -1.86. The molecule has 1 N–H and O–H groups in total. The summed E-state index contributed by atoms with van der Waals surface area (Å²) in [4.78, 5) is 7.86. The highest BCUT2D eigenvalue weighted by molar-refractivity contribution is 7.92. The van der Waals surface area contributed by atoms with Crippen LogP contribution in [0.2, 0.25) is 5.02 Å². The molecule has 2 aromatic heterocycles. The first kappa shape index (κ1) is 14.5. The van der Waals surface area contributed by atoms with Crippen LogP contribution in [0.15, 0.2) is 41.7 Å². The van der Waals surface area contributed by atoms with Crippen molar-refractivity contribution >= 4 is 33.1 Å². The molecule has 0 aliphatic carbocycles. The SMILES string of the molecule is CNc1ncc(S(=O)(=O)N(C)c2ccncc2)cc1Cl. The van der Waals surface area contributed by atoms with Gasteiger partial charge in [-0.1, -0.05) is 11.6 Å². The van der Waals surface area contributed by atoms with Crippen LogP contribution in [0.3, 0.4) is 0 Å². The van der Waals surface area contributed by atoms with E-state index in [9.17, 15) is 8.42 Å². The van der Waals surface area contributed by atoms with Crippen LogP contribution in [-0.2, 0) is 10.0 Å². The van der Waals surface area contributed by atoms with Crippen molar-refractivity contribution in [2.24, 2.45) is 0 Å². The maximum absolute atomic E-state index is 12.5. The quantitative estimate of drug-likeness (QED) is 0.934. The molecule has 0 unspecified atom stereocenters. The van der Waals surface area contributed by atoms with Crippen molar-refractivity contribution in [2.45, 2.75) is 4.90 Å². The van der Waals surface area contributed by atoms with Gasteiger partial charge in [0.15, 0.2) is 0 Å². The number of hydrogen-bond acceptors (Lipinski definition) is 5. The van der Waals surface area contributed by atoms with Gasteiger partial charge >= 0.3 is 0 Å². The number of sulfonamides is 1. The Morgan fingerprint density at radius 2 is 1.95 bits per heavy atom. The molecule has 2 rings (SSSR count). The third-order valence-electron chi connectivity index (χ3n) is 2.74. The summed E-state index contributed by atoms with van der Waals surface area (Å²) >= 11 is 5.97. The van der Waals surface area contributed by atoms with Gasteiger partial charge in [0.1, 0.15) is 10.7 Å². The number of nitrogens with zero attached hydrogens (tertiary/aromatic N) is 3. The summed E-state index contributed by atoms with van der Waals surface area (Å²) in [6.07, 6.45) is 4.32. The fourth-order valence-electron chi connectivity index (χ4n) is 1.60. The van der Waals surface area contributed by atoms with Crippen molar-refractivity contribution in [2.75, 3.05) is 23.7 Å². The van der Waals surface area contributed by atoms with Crippen molar-refractivity contribution in [1.29, 1.82) is 0 Å². The molecular weight excluding hydrogens is 300 g/mol. The first-order valence-corrected chi connectivity index (χ1v) is 7.51. The maximum Gasteiger partial charge on any atom is 0.265 e. The largest absolute Gasteiger partial charge is 0.372 e. The van der Waals surface area contributed by atoms with Crippen molar-refractivity contribution in [3.05, 3.63) is 41.8 Å². The van der Waals surface area contributed by atoms with Crippen LogP contribution in [0, 0.1) is 0 Å². The summed E-state index contributed by atoms with van der Waals surface area (Å²) in [7, 11) is -0.588. The first-order chi connectivity index (χ1) is 9.46. The molecule has 0 radical (unpaired) electrons. The number of pyridine rings is 2. The average Bonchev–Trinajstić information content (AvgIpc) is 2.47. The van der Waals surface area contributed by atoms with E-state index in [1.54, 1.807) is 19.2 Å². The van der Waals surface area contributed by atoms with Gasteiger partial charge in [-0.05, 0) is 18.2 Å². The zero-order chi connectivity index (χ0) is 14.8. The molecule has 0 bridgehead atoms. The molecule has 0 fully saturated rings. The Morgan fingerprint density at radius 1 is 1.30 bits per heavy atom. The van der Waals surface area contributed by atoms with Gasteiger partial charge in [-0.15, -0.1) is 0 Å². The van der Waals surface area contributed by atoms with E-state index in [0.717, 1.165) is 4.31 Å². The molecule has 8 heteroatoms. The van der Waals surface area contributed by atoms with E-state index < -0.39 is 10.0 Å². The molecule has 0 amide bonds. The molecular formula is C12H13ClN4O2S. The molecule has 6 nitrogen and oxygen atoms in total. The second-order valence-electron chi connectivity index (χ2n) is 3.93. The minimum atomic E-state index is -3.71.